The van der Waals surface area contributed by atoms with Crippen LogP contribution in [-0.4, -0.2) is 43.7 Å². The van der Waals surface area contributed by atoms with Crippen molar-refractivity contribution < 1.29 is 18.0 Å². The molecule has 0 unspecified atom stereocenters. The zero-order valence-electron chi connectivity index (χ0n) is 17.3. The smallest absolute Gasteiger partial charge is 0.313 e. The van der Waals surface area contributed by atoms with Gasteiger partial charge in [-0.15, -0.1) is 0 Å². The lowest BCUT2D eigenvalue weighted by molar-refractivity contribution is -0.136. The number of piperidine rings is 1. The first kappa shape index (κ1) is 23.2. The fourth-order valence-electron chi connectivity index (χ4n) is 3.60. The molecule has 3 rings (SSSR count). The number of hydrogen-bond acceptors (Lipinski definition) is 4. The lowest BCUT2D eigenvalue weighted by Crippen LogP contribution is -2.45. The van der Waals surface area contributed by atoms with Crippen LogP contribution in [0, 0.1) is 6.92 Å². The molecule has 2 aromatic carbocycles. The van der Waals surface area contributed by atoms with Crippen LogP contribution >= 0.6 is 11.6 Å². The van der Waals surface area contributed by atoms with E-state index in [9.17, 15) is 18.0 Å². The molecule has 0 radical (unpaired) electrons. The molecule has 0 aliphatic carbocycles. The summed E-state index contributed by atoms with van der Waals surface area (Å²) in [6, 6.07) is 13.2. The Morgan fingerprint density at radius 1 is 1.06 bits per heavy atom. The summed E-state index contributed by atoms with van der Waals surface area (Å²) in [5, 5.41) is 5.38. The quantitative estimate of drug-likeness (QED) is 0.642. The number of amides is 2. The molecule has 1 aliphatic heterocycles. The molecule has 2 N–H and O–H groups in total. The molecular formula is C22H26ClN3O4S. The monoisotopic (exact) mass is 463 g/mol. The third-order valence-electron chi connectivity index (χ3n) is 5.29. The molecule has 0 spiro atoms. The largest absolute Gasteiger partial charge is 0.348 e. The van der Waals surface area contributed by atoms with Crippen molar-refractivity contribution in [2.75, 3.05) is 18.4 Å². The van der Waals surface area contributed by atoms with E-state index in [4.69, 9.17) is 11.6 Å². The van der Waals surface area contributed by atoms with E-state index in [2.05, 4.69) is 10.6 Å². The minimum Gasteiger partial charge on any atom is -0.348 e. The molecule has 1 fully saturated rings. The Morgan fingerprint density at radius 3 is 2.48 bits per heavy atom. The van der Waals surface area contributed by atoms with Crippen molar-refractivity contribution in [1.29, 1.82) is 0 Å². The molecule has 1 heterocycles. The van der Waals surface area contributed by atoms with Crippen LogP contribution in [0.2, 0.25) is 5.02 Å². The highest BCUT2D eigenvalue weighted by atomic mass is 35.5. The lowest BCUT2D eigenvalue weighted by Gasteiger charge is -2.34. The zero-order chi connectivity index (χ0) is 22.4. The number of sulfonamides is 1. The van der Waals surface area contributed by atoms with Crippen molar-refractivity contribution in [3.05, 3.63) is 59.1 Å². The Hall–Kier alpha value is -2.42. The Morgan fingerprint density at radius 2 is 1.77 bits per heavy atom. The highest BCUT2D eigenvalue weighted by Gasteiger charge is 2.33. The van der Waals surface area contributed by atoms with Crippen LogP contribution in [0.1, 0.15) is 31.2 Å². The van der Waals surface area contributed by atoms with Gasteiger partial charge in [0.1, 0.15) is 0 Å². The Kier molecular flexibility index (Phi) is 7.69. The molecule has 0 aromatic heterocycles. The second-order valence-corrected chi connectivity index (χ2v) is 9.85. The minimum absolute atomic E-state index is 0.194. The van der Waals surface area contributed by atoms with Gasteiger partial charge >= 0.3 is 11.8 Å². The topological polar surface area (TPSA) is 95.6 Å². The maximum atomic E-state index is 13.1. The van der Waals surface area contributed by atoms with Gasteiger partial charge in [0.05, 0.1) is 15.6 Å². The first-order valence-corrected chi connectivity index (χ1v) is 12.0. The maximum absolute atomic E-state index is 13.1. The van der Waals surface area contributed by atoms with E-state index in [0.717, 1.165) is 18.4 Å². The molecule has 2 amide bonds. The number of anilines is 1. The Bertz CT molecular complexity index is 1040. The summed E-state index contributed by atoms with van der Waals surface area (Å²) >= 11 is 5.99. The van der Waals surface area contributed by atoms with Gasteiger partial charge in [-0.1, -0.05) is 47.9 Å². The van der Waals surface area contributed by atoms with Gasteiger partial charge < -0.3 is 10.6 Å². The van der Waals surface area contributed by atoms with Crippen LogP contribution in [-0.2, 0) is 19.6 Å². The van der Waals surface area contributed by atoms with E-state index in [1.54, 1.807) is 48.5 Å². The van der Waals surface area contributed by atoms with Gasteiger partial charge in [-0.25, -0.2) is 8.42 Å². The van der Waals surface area contributed by atoms with E-state index in [0.29, 0.717) is 30.1 Å². The number of aryl methyl sites for hydroxylation is 1. The van der Waals surface area contributed by atoms with Gasteiger partial charge in [-0.2, -0.15) is 4.31 Å². The standard InChI is InChI=1S/C22H26ClN3O4S/c1-16-9-11-18(12-10-16)31(29,30)26-15-5-4-6-17(26)13-14-24-21(27)22(28)25-20-8-3-2-7-19(20)23/h2-3,7-12,17H,4-6,13-15H2,1H3,(H,24,27)(H,25,28)/t17-/m0/s1. The Balaban J connectivity index is 1.58. The molecule has 0 bridgehead atoms. The first-order chi connectivity index (χ1) is 14.8. The van der Waals surface area contributed by atoms with Crippen molar-refractivity contribution >= 4 is 39.1 Å². The van der Waals surface area contributed by atoms with E-state index in [1.807, 2.05) is 6.92 Å². The summed E-state index contributed by atoms with van der Waals surface area (Å²) in [5.41, 5.74) is 1.35. The molecule has 7 nitrogen and oxygen atoms in total. The molecule has 1 aliphatic rings. The molecule has 2 aromatic rings. The average molecular weight is 464 g/mol. The van der Waals surface area contributed by atoms with Crippen molar-refractivity contribution in [2.24, 2.45) is 0 Å². The maximum Gasteiger partial charge on any atom is 0.313 e. The highest BCUT2D eigenvalue weighted by Crippen LogP contribution is 2.27. The van der Waals surface area contributed by atoms with Crippen LogP contribution in [0.15, 0.2) is 53.4 Å². The summed E-state index contributed by atoms with van der Waals surface area (Å²) < 4.78 is 27.7. The second-order valence-electron chi connectivity index (χ2n) is 7.56. The summed E-state index contributed by atoms with van der Waals surface area (Å²) in [6.45, 7) is 2.55. The average Bonchev–Trinajstić information content (AvgIpc) is 2.76. The summed E-state index contributed by atoms with van der Waals surface area (Å²) in [5.74, 6) is -1.61. The second kappa shape index (κ2) is 10.3. The van der Waals surface area contributed by atoms with Gasteiger partial charge in [0.15, 0.2) is 0 Å². The molecule has 0 saturated carbocycles. The van der Waals surface area contributed by atoms with E-state index in [1.165, 1.54) is 4.31 Å². The number of carbonyl (C=O) groups is 2. The summed E-state index contributed by atoms with van der Waals surface area (Å²) in [4.78, 5) is 24.5. The predicted molar refractivity (Wildman–Crippen MR) is 120 cm³/mol. The predicted octanol–water partition coefficient (Wildman–Crippen LogP) is 3.34. The van der Waals surface area contributed by atoms with Crippen molar-refractivity contribution in [1.82, 2.24) is 9.62 Å². The van der Waals surface area contributed by atoms with Gasteiger partial charge in [-0.3, -0.25) is 9.59 Å². The van der Waals surface area contributed by atoms with Crippen LogP contribution in [0.3, 0.4) is 0 Å². The number of nitrogens with one attached hydrogen (secondary N) is 2. The highest BCUT2D eigenvalue weighted by molar-refractivity contribution is 7.89. The van der Waals surface area contributed by atoms with Crippen LogP contribution < -0.4 is 10.6 Å². The molecule has 1 atom stereocenters. The lowest BCUT2D eigenvalue weighted by atomic mass is 10.0. The number of nitrogens with zero attached hydrogens (tertiary/aromatic N) is 1. The molecule has 31 heavy (non-hydrogen) atoms. The van der Waals surface area contributed by atoms with Crippen LogP contribution in [0.5, 0.6) is 0 Å². The minimum atomic E-state index is -3.61. The van der Waals surface area contributed by atoms with Crippen LogP contribution in [0.4, 0.5) is 5.69 Å². The van der Waals surface area contributed by atoms with Gasteiger partial charge in [0.2, 0.25) is 10.0 Å². The van der Waals surface area contributed by atoms with E-state index >= 15 is 0 Å². The summed E-state index contributed by atoms with van der Waals surface area (Å²) in [7, 11) is -3.61. The molecular weight excluding hydrogens is 438 g/mol. The van der Waals surface area contributed by atoms with Gasteiger partial charge in [0, 0.05) is 19.1 Å². The number of halogens is 1. The third-order valence-corrected chi connectivity index (χ3v) is 7.59. The fraction of sp³-hybridized carbons (Fsp3) is 0.364. The first-order valence-electron chi connectivity index (χ1n) is 10.2. The summed E-state index contributed by atoms with van der Waals surface area (Å²) in [6.07, 6.45) is 2.86. The third kappa shape index (κ3) is 5.84. The van der Waals surface area contributed by atoms with Crippen molar-refractivity contribution in [2.45, 2.75) is 43.5 Å². The zero-order valence-corrected chi connectivity index (χ0v) is 18.9. The van der Waals surface area contributed by atoms with E-state index < -0.39 is 21.8 Å². The SMILES string of the molecule is Cc1ccc(S(=O)(=O)N2CCCC[C@H]2CCNC(=O)C(=O)Nc2ccccc2Cl)cc1. The van der Waals surface area contributed by atoms with E-state index in [-0.39, 0.29) is 17.5 Å². The number of para-hydroxylation sites is 1. The molecule has 9 heteroatoms. The molecule has 1 saturated heterocycles. The molecule has 166 valence electrons. The fourth-order valence-corrected chi connectivity index (χ4v) is 5.51. The van der Waals surface area contributed by atoms with Crippen molar-refractivity contribution in [3.63, 3.8) is 0 Å². The van der Waals surface area contributed by atoms with Crippen molar-refractivity contribution in [3.8, 4) is 0 Å². The Labute approximate surface area is 187 Å². The van der Waals surface area contributed by atoms with Crippen LogP contribution in [0.25, 0.3) is 0 Å². The normalized spacial score (nSPS) is 17.2. The van der Waals surface area contributed by atoms with Gasteiger partial charge in [-0.05, 0) is 50.5 Å². The number of carbonyl (C=O) groups excluding carboxylic acids is 2. The van der Waals surface area contributed by atoms with Gasteiger partial charge in [0.25, 0.3) is 0 Å². The number of rotatable bonds is 6. The number of benzene rings is 2. The number of hydrogen-bond donors (Lipinski definition) is 2.